The van der Waals surface area contributed by atoms with Crippen molar-refractivity contribution in [1.82, 2.24) is 9.62 Å². The molecule has 26 heavy (non-hydrogen) atoms. The van der Waals surface area contributed by atoms with Crippen molar-refractivity contribution in [2.45, 2.75) is 30.8 Å². The quantitative estimate of drug-likeness (QED) is 0.838. The molecule has 1 saturated heterocycles. The third-order valence-corrected chi connectivity index (χ3v) is 5.67. The summed E-state index contributed by atoms with van der Waals surface area (Å²) in [5.41, 5.74) is 1.58. The highest BCUT2D eigenvalue weighted by molar-refractivity contribution is 7.89. The van der Waals surface area contributed by atoms with Crippen molar-refractivity contribution < 1.29 is 22.0 Å². The molecule has 1 heterocycles. The summed E-state index contributed by atoms with van der Waals surface area (Å²) in [6.45, 7) is 1.17. The Morgan fingerprint density at radius 1 is 1.00 bits per heavy atom. The predicted molar refractivity (Wildman–Crippen MR) is 91.5 cm³/mol. The summed E-state index contributed by atoms with van der Waals surface area (Å²) in [5, 5.41) is 0. The molecule has 1 amide bonds. The number of rotatable bonds is 6. The van der Waals surface area contributed by atoms with Gasteiger partial charge in [-0.05, 0) is 29.7 Å². The minimum Gasteiger partial charge on any atom is -0.338 e. The molecule has 1 N–H and O–H groups in total. The number of carbonyl (C=O) groups excluding carboxylic acids is 1. The van der Waals surface area contributed by atoms with E-state index in [1.54, 1.807) is 29.2 Å². The van der Waals surface area contributed by atoms with Crippen molar-refractivity contribution in [1.29, 1.82) is 0 Å². The monoisotopic (exact) mass is 380 g/mol. The van der Waals surface area contributed by atoms with E-state index in [2.05, 4.69) is 4.72 Å². The smallest absolute Gasteiger partial charge is 0.246 e. The lowest BCUT2D eigenvalue weighted by molar-refractivity contribution is -0.128. The molecule has 1 aliphatic heterocycles. The standard InChI is InChI=1S/C18H18F2N2O3S/c19-15-3-1-4-16(20)18(15)26(24,25)21-11-13-6-8-14(9-7-13)12-22-10-2-5-17(22)23/h1,3-4,6-9,21H,2,5,10-12H2. The molecule has 1 aliphatic rings. The third kappa shape index (κ3) is 4.08. The Bertz CT molecular complexity index is 894. The Hall–Kier alpha value is -2.32. The zero-order valence-corrected chi connectivity index (χ0v) is 14.7. The number of benzene rings is 2. The van der Waals surface area contributed by atoms with Gasteiger partial charge in [0, 0.05) is 26.1 Å². The van der Waals surface area contributed by atoms with Crippen molar-refractivity contribution in [3.63, 3.8) is 0 Å². The molecule has 0 aliphatic carbocycles. The highest BCUT2D eigenvalue weighted by Gasteiger charge is 2.23. The van der Waals surface area contributed by atoms with Crippen LogP contribution in [0.1, 0.15) is 24.0 Å². The van der Waals surface area contributed by atoms with Gasteiger partial charge in [0.05, 0.1) is 0 Å². The van der Waals surface area contributed by atoms with Gasteiger partial charge < -0.3 is 4.90 Å². The van der Waals surface area contributed by atoms with Crippen LogP contribution in [0.15, 0.2) is 47.4 Å². The Labute approximate surface area is 150 Å². The van der Waals surface area contributed by atoms with Crippen molar-refractivity contribution in [2.24, 2.45) is 0 Å². The maximum Gasteiger partial charge on any atom is 0.246 e. The van der Waals surface area contributed by atoms with E-state index in [9.17, 15) is 22.0 Å². The predicted octanol–water partition coefficient (Wildman–Crippen LogP) is 2.57. The molecule has 0 spiro atoms. The van der Waals surface area contributed by atoms with Crippen LogP contribution in [0.3, 0.4) is 0 Å². The van der Waals surface area contributed by atoms with Gasteiger partial charge in [0.25, 0.3) is 0 Å². The number of halogens is 2. The number of sulfonamides is 1. The molecule has 0 bridgehead atoms. The molecule has 8 heteroatoms. The summed E-state index contributed by atoms with van der Waals surface area (Å²) in [5.74, 6) is -2.14. The first-order chi connectivity index (χ1) is 12.4. The summed E-state index contributed by atoms with van der Waals surface area (Å²) < 4.78 is 53.8. The van der Waals surface area contributed by atoms with Crippen molar-refractivity contribution in [3.8, 4) is 0 Å². The zero-order chi connectivity index (χ0) is 18.7. The van der Waals surface area contributed by atoms with Gasteiger partial charge >= 0.3 is 0 Å². The molecule has 0 radical (unpaired) electrons. The van der Waals surface area contributed by atoms with Gasteiger partial charge in [-0.2, -0.15) is 0 Å². The van der Waals surface area contributed by atoms with Gasteiger partial charge in [0.1, 0.15) is 11.6 Å². The van der Waals surface area contributed by atoms with E-state index in [0.29, 0.717) is 18.5 Å². The molecular weight excluding hydrogens is 362 g/mol. The minimum absolute atomic E-state index is 0.0982. The molecule has 0 atom stereocenters. The van der Waals surface area contributed by atoms with Crippen LogP contribution >= 0.6 is 0 Å². The molecule has 0 unspecified atom stereocenters. The number of hydrogen-bond donors (Lipinski definition) is 1. The van der Waals surface area contributed by atoms with Gasteiger partial charge in [0.15, 0.2) is 4.90 Å². The van der Waals surface area contributed by atoms with Crippen LogP contribution in [-0.4, -0.2) is 25.8 Å². The first-order valence-corrected chi connectivity index (χ1v) is 9.64. The van der Waals surface area contributed by atoms with E-state index in [1.165, 1.54) is 0 Å². The van der Waals surface area contributed by atoms with Gasteiger partial charge in [-0.15, -0.1) is 0 Å². The number of amides is 1. The first kappa shape index (κ1) is 18.5. The van der Waals surface area contributed by atoms with Gasteiger partial charge in [0.2, 0.25) is 15.9 Å². The van der Waals surface area contributed by atoms with E-state index in [0.717, 1.165) is 36.7 Å². The molecule has 0 saturated carbocycles. The van der Waals surface area contributed by atoms with E-state index in [4.69, 9.17) is 0 Å². The molecule has 2 aromatic carbocycles. The fourth-order valence-electron chi connectivity index (χ4n) is 2.84. The second-order valence-corrected chi connectivity index (χ2v) is 7.81. The second kappa shape index (κ2) is 7.51. The average Bonchev–Trinajstić information content (AvgIpc) is 2.99. The topological polar surface area (TPSA) is 66.5 Å². The van der Waals surface area contributed by atoms with Gasteiger partial charge in [-0.1, -0.05) is 30.3 Å². The summed E-state index contributed by atoms with van der Waals surface area (Å²) in [6.07, 6.45) is 1.44. The van der Waals surface area contributed by atoms with Crippen molar-refractivity contribution >= 4 is 15.9 Å². The molecule has 138 valence electrons. The molecule has 3 rings (SSSR count). The number of nitrogens with one attached hydrogen (secondary N) is 1. The molecule has 0 aromatic heterocycles. The Balaban J connectivity index is 1.65. The summed E-state index contributed by atoms with van der Waals surface area (Å²) in [7, 11) is -4.31. The number of likely N-dealkylation sites (tertiary alicyclic amines) is 1. The number of nitrogens with zero attached hydrogens (tertiary/aromatic N) is 1. The lowest BCUT2D eigenvalue weighted by atomic mass is 10.1. The number of carbonyl (C=O) groups is 1. The maximum absolute atomic E-state index is 13.7. The lowest BCUT2D eigenvalue weighted by Gasteiger charge is -2.15. The highest BCUT2D eigenvalue weighted by atomic mass is 32.2. The Kier molecular flexibility index (Phi) is 5.33. The van der Waals surface area contributed by atoms with E-state index < -0.39 is 26.6 Å². The van der Waals surface area contributed by atoms with E-state index in [-0.39, 0.29) is 12.5 Å². The maximum atomic E-state index is 13.7. The molecule has 5 nitrogen and oxygen atoms in total. The van der Waals surface area contributed by atoms with Crippen LogP contribution < -0.4 is 4.72 Å². The zero-order valence-electron chi connectivity index (χ0n) is 13.9. The molecular formula is C18H18F2N2O3S. The van der Waals surface area contributed by atoms with Crippen molar-refractivity contribution in [2.75, 3.05) is 6.54 Å². The lowest BCUT2D eigenvalue weighted by Crippen LogP contribution is -2.25. The minimum atomic E-state index is -4.31. The summed E-state index contributed by atoms with van der Waals surface area (Å²) in [6, 6.07) is 9.94. The van der Waals surface area contributed by atoms with Gasteiger partial charge in [-0.3, -0.25) is 4.79 Å². The van der Waals surface area contributed by atoms with E-state index in [1.807, 2.05) is 0 Å². The molecule has 1 fully saturated rings. The fraction of sp³-hybridized carbons (Fsp3) is 0.278. The summed E-state index contributed by atoms with van der Waals surface area (Å²) in [4.78, 5) is 12.4. The highest BCUT2D eigenvalue weighted by Crippen LogP contribution is 2.19. The first-order valence-electron chi connectivity index (χ1n) is 8.16. The van der Waals surface area contributed by atoms with Crippen LogP contribution in [-0.2, 0) is 27.9 Å². The second-order valence-electron chi connectivity index (χ2n) is 6.11. The SMILES string of the molecule is O=C1CCCN1Cc1ccc(CNS(=O)(=O)c2c(F)cccc2F)cc1. The van der Waals surface area contributed by atoms with Crippen molar-refractivity contribution in [3.05, 3.63) is 65.2 Å². The van der Waals surface area contributed by atoms with Crippen LogP contribution in [0.5, 0.6) is 0 Å². The fourth-order valence-corrected chi connectivity index (χ4v) is 3.99. The molecule has 2 aromatic rings. The third-order valence-electron chi connectivity index (χ3n) is 4.22. The number of hydrogen-bond acceptors (Lipinski definition) is 3. The van der Waals surface area contributed by atoms with Crippen LogP contribution in [0, 0.1) is 11.6 Å². The Morgan fingerprint density at radius 3 is 2.19 bits per heavy atom. The van der Waals surface area contributed by atoms with E-state index >= 15 is 0 Å². The van der Waals surface area contributed by atoms with Crippen LogP contribution in [0.4, 0.5) is 8.78 Å². The summed E-state index contributed by atoms with van der Waals surface area (Å²) >= 11 is 0. The van der Waals surface area contributed by atoms with Crippen LogP contribution in [0.25, 0.3) is 0 Å². The average molecular weight is 380 g/mol. The largest absolute Gasteiger partial charge is 0.338 e. The van der Waals surface area contributed by atoms with Gasteiger partial charge in [-0.25, -0.2) is 21.9 Å². The normalized spacial score (nSPS) is 14.8. The van der Waals surface area contributed by atoms with Crippen LogP contribution in [0.2, 0.25) is 0 Å². The Morgan fingerprint density at radius 2 is 1.62 bits per heavy atom.